The fraction of sp³-hybridized carbons (Fsp3) is 0.333. The van der Waals surface area contributed by atoms with Crippen LogP contribution in [0.3, 0.4) is 0 Å². The average molecular weight is 359 g/mol. The third-order valence-corrected chi connectivity index (χ3v) is 5.33. The van der Waals surface area contributed by atoms with Crippen molar-refractivity contribution in [2.75, 3.05) is 0 Å². The van der Waals surface area contributed by atoms with Gasteiger partial charge in [-0.1, -0.05) is 81.5 Å². The highest BCUT2D eigenvalue weighted by Crippen LogP contribution is 2.34. The van der Waals surface area contributed by atoms with E-state index >= 15 is 0 Å². The first kappa shape index (κ1) is 21.0. The Morgan fingerprint density at radius 3 is 2.37 bits per heavy atom. The lowest BCUT2D eigenvalue weighted by Gasteiger charge is -2.17. The van der Waals surface area contributed by atoms with Gasteiger partial charge in [-0.25, -0.2) is 0 Å². The van der Waals surface area contributed by atoms with Crippen LogP contribution >= 0.6 is 0 Å². The number of hydrogen-bond donors (Lipinski definition) is 0. The molecule has 0 aliphatic heterocycles. The van der Waals surface area contributed by atoms with Gasteiger partial charge < -0.3 is 0 Å². The van der Waals surface area contributed by atoms with Crippen molar-refractivity contribution in [2.45, 2.75) is 60.8 Å². The van der Waals surface area contributed by atoms with Crippen molar-refractivity contribution in [1.82, 2.24) is 0 Å². The lowest BCUT2D eigenvalue weighted by molar-refractivity contribution is 1.02. The summed E-state index contributed by atoms with van der Waals surface area (Å²) in [5.41, 5.74) is 11.9. The van der Waals surface area contributed by atoms with E-state index in [1.165, 1.54) is 44.5 Å². The normalized spacial score (nSPS) is 12.0. The number of allylic oxidation sites excluding steroid dienone is 5. The van der Waals surface area contributed by atoms with Crippen LogP contribution in [0.15, 0.2) is 60.7 Å². The zero-order valence-corrected chi connectivity index (χ0v) is 17.9. The quantitative estimate of drug-likeness (QED) is 0.439. The number of aryl methyl sites for hydroxylation is 2. The molecule has 0 unspecified atom stereocenters. The maximum atomic E-state index is 4.22. The van der Waals surface area contributed by atoms with Gasteiger partial charge in [0.25, 0.3) is 0 Å². The SMILES string of the molecule is C=C(C)/C(=C\C=C/CC)c1cccc(-c2cc(C)c(CC)c(CC)c2)c1C. The molecule has 0 amide bonds. The highest BCUT2D eigenvalue weighted by molar-refractivity contribution is 5.84. The van der Waals surface area contributed by atoms with Gasteiger partial charge in [-0.3, -0.25) is 0 Å². The minimum Gasteiger partial charge on any atom is -0.0955 e. The molecule has 2 aromatic rings. The van der Waals surface area contributed by atoms with E-state index in [0.29, 0.717) is 0 Å². The zero-order valence-electron chi connectivity index (χ0n) is 17.9. The van der Waals surface area contributed by atoms with Gasteiger partial charge in [-0.2, -0.15) is 0 Å². The summed E-state index contributed by atoms with van der Waals surface area (Å²) in [7, 11) is 0. The number of rotatable bonds is 7. The Hall–Kier alpha value is -2.34. The molecule has 0 saturated carbocycles. The maximum Gasteiger partial charge on any atom is -0.0146 e. The molecule has 142 valence electrons. The van der Waals surface area contributed by atoms with Gasteiger partial charge in [0.15, 0.2) is 0 Å². The standard InChI is InChI=1S/C27H34/c1-8-11-12-14-25(19(4)5)27-16-13-15-26(21(27)7)23-17-20(6)24(10-3)22(9-2)18-23/h11-18H,4,8-10H2,1-3,5-7H3/b12-11-,25-14+. The van der Waals surface area contributed by atoms with Crippen molar-refractivity contribution < 1.29 is 0 Å². The Balaban J connectivity index is 2.64. The first-order valence-electron chi connectivity index (χ1n) is 10.2. The molecule has 0 spiro atoms. The Morgan fingerprint density at radius 2 is 1.78 bits per heavy atom. The highest BCUT2D eigenvalue weighted by Gasteiger charge is 2.13. The summed E-state index contributed by atoms with van der Waals surface area (Å²) in [6.07, 6.45) is 9.74. The molecule has 0 N–H and O–H groups in total. The predicted molar refractivity (Wildman–Crippen MR) is 122 cm³/mol. The van der Waals surface area contributed by atoms with E-state index in [4.69, 9.17) is 0 Å². The van der Waals surface area contributed by atoms with Crippen LogP contribution in [0.5, 0.6) is 0 Å². The van der Waals surface area contributed by atoms with Gasteiger partial charge in [-0.05, 0) is 84.6 Å². The molecule has 0 nitrogen and oxygen atoms in total. The molecule has 0 bridgehead atoms. The molecule has 27 heavy (non-hydrogen) atoms. The van der Waals surface area contributed by atoms with E-state index in [2.05, 4.69) is 96.7 Å². The molecule has 2 aromatic carbocycles. The van der Waals surface area contributed by atoms with E-state index in [1.54, 1.807) is 0 Å². The molecule has 0 aliphatic carbocycles. The summed E-state index contributed by atoms with van der Waals surface area (Å²) in [5.74, 6) is 0. The molecule has 0 atom stereocenters. The van der Waals surface area contributed by atoms with Crippen LogP contribution in [0.2, 0.25) is 0 Å². The van der Waals surface area contributed by atoms with Gasteiger partial charge in [-0.15, -0.1) is 0 Å². The average Bonchev–Trinajstić information content (AvgIpc) is 2.65. The number of hydrogen-bond acceptors (Lipinski definition) is 0. The van der Waals surface area contributed by atoms with E-state index in [-0.39, 0.29) is 0 Å². The van der Waals surface area contributed by atoms with Crippen molar-refractivity contribution in [1.29, 1.82) is 0 Å². The second kappa shape index (κ2) is 9.55. The van der Waals surface area contributed by atoms with Gasteiger partial charge in [0, 0.05) is 0 Å². The van der Waals surface area contributed by atoms with Crippen LogP contribution in [-0.4, -0.2) is 0 Å². The van der Waals surface area contributed by atoms with Gasteiger partial charge in [0.1, 0.15) is 0 Å². The largest absolute Gasteiger partial charge is 0.0955 e. The van der Waals surface area contributed by atoms with Crippen molar-refractivity contribution in [3.05, 3.63) is 88.5 Å². The van der Waals surface area contributed by atoms with Gasteiger partial charge in [0.2, 0.25) is 0 Å². The topological polar surface area (TPSA) is 0 Å². The van der Waals surface area contributed by atoms with Crippen LogP contribution in [0.25, 0.3) is 16.7 Å². The van der Waals surface area contributed by atoms with Crippen molar-refractivity contribution in [3.8, 4) is 11.1 Å². The van der Waals surface area contributed by atoms with E-state index < -0.39 is 0 Å². The monoisotopic (exact) mass is 358 g/mol. The van der Waals surface area contributed by atoms with Crippen LogP contribution in [-0.2, 0) is 12.8 Å². The van der Waals surface area contributed by atoms with Crippen LogP contribution in [0.1, 0.15) is 61.9 Å². The second-order valence-corrected chi connectivity index (χ2v) is 7.31. The lowest BCUT2D eigenvalue weighted by Crippen LogP contribution is -1.98. The molecule has 0 heteroatoms. The fourth-order valence-corrected chi connectivity index (χ4v) is 3.87. The molecular formula is C27H34. The van der Waals surface area contributed by atoms with Gasteiger partial charge in [0.05, 0.1) is 0 Å². The molecule has 0 heterocycles. The van der Waals surface area contributed by atoms with Crippen molar-refractivity contribution in [3.63, 3.8) is 0 Å². The third kappa shape index (κ3) is 4.69. The third-order valence-electron chi connectivity index (χ3n) is 5.33. The van der Waals surface area contributed by atoms with Gasteiger partial charge >= 0.3 is 0 Å². The number of benzene rings is 2. The summed E-state index contributed by atoms with van der Waals surface area (Å²) in [6.45, 7) is 17.4. The molecule has 2 rings (SSSR count). The van der Waals surface area contributed by atoms with Crippen molar-refractivity contribution >= 4 is 5.57 Å². The minimum absolute atomic E-state index is 1.04. The summed E-state index contributed by atoms with van der Waals surface area (Å²) >= 11 is 0. The Bertz CT molecular complexity index is 875. The Morgan fingerprint density at radius 1 is 1.04 bits per heavy atom. The van der Waals surface area contributed by atoms with E-state index in [0.717, 1.165) is 24.8 Å². The highest BCUT2D eigenvalue weighted by atomic mass is 14.2. The van der Waals surface area contributed by atoms with Crippen LogP contribution in [0, 0.1) is 13.8 Å². The van der Waals surface area contributed by atoms with E-state index in [1.807, 2.05) is 0 Å². The lowest BCUT2D eigenvalue weighted by atomic mass is 9.87. The first-order chi connectivity index (χ1) is 12.9. The molecule has 0 fully saturated rings. The molecule has 0 saturated heterocycles. The van der Waals surface area contributed by atoms with Crippen molar-refractivity contribution in [2.24, 2.45) is 0 Å². The summed E-state index contributed by atoms with van der Waals surface area (Å²) in [4.78, 5) is 0. The summed E-state index contributed by atoms with van der Waals surface area (Å²) in [6, 6.07) is 11.4. The molecule has 0 radical (unpaired) electrons. The molecular weight excluding hydrogens is 324 g/mol. The fourth-order valence-electron chi connectivity index (χ4n) is 3.87. The second-order valence-electron chi connectivity index (χ2n) is 7.31. The predicted octanol–water partition coefficient (Wildman–Crippen LogP) is 8.02. The van der Waals surface area contributed by atoms with Crippen LogP contribution in [0.4, 0.5) is 0 Å². The first-order valence-corrected chi connectivity index (χ1v) is 10.2. The Kier molecular flexibility index (Phi) is 7.42. The van der Waals surface area contributed by atoms with Crippen LogP contribution < -0.4 is 0 Å². The molecule has 0 aromatic heterocycles. The summed E-state index contributed by atoms with van der Waals surface area (Å²) < 4.78 is 0. The van der Waals surface area contributed by atoms with E-state index in [9.17, 15) is 0 Å². The minimum atomic E-state index is 1.04. The smallest absolute Gasteiger partial charge is 0.0146 e. The Labute approximate surface area is 166 Å². The maximum absolute atomic E-state index is 4.22. The summed E-state index contributed by atoms with van der Waals surface area (Å²) in [5, 5.41) is 0. The zero-order chi connectivity index (χ0) is 20.0. The molecule has 0 aliphatic rings.